The van der Waals surface area contributed by atoms with E-state index < -0.39 is 40.0 Å². The van der Waals surface area contributed by atoms with E-state index in [2.05, 4.69) is 0 Å². The Morgan fingerprint density at radius 2 is 2.14 bits per heavy atom. The number of hydrogen-bond donors (Lipinski definition) is 0. The molecule has 0 radical (unpaired) electrons. The summed E-state index contributed by atoms with van der Waals surface area (Å²) in [5, 5.41) is 10.8. The third kappa shape index (κ3) is 3.48. The molecule has 1 aliphatic rings. The Balaban J connectivity index is 2.29. The number of benzene rings is 1. The van der Waals surface area contributed by atoms with Gasteiger partial charge >= 0.3 is 12.1 Å². The lowest BCUT2D eigenvalue weighted by atomic mass is 10.1. The summed E-state index contributed by atoms with van der Waals surface area (Å²) in [4.78, 5) is 21.6. The van der Waals surface area contributed by atoms with Crippen molar-refractivity contribution >= 4 is 11.7 Å². The zero-order valence-corrected chi connectivity index (χ0v) is 10.6. The summed E-state index contributed by atoms with van der Waals surface area (Å²) in [6, 6.07) is 1.68. The lowest BCUT2D eigenvalue weighted by Crippen LogP contribution is -2.19. The number of ether oxygens (including phenoxy) is 2. The van der Waals surface area contributed by atoms with Crippen LogP contribution in [0.25, 0.3) is 0 Å². The Morgan fingerprint density at radius 1 is 1.43 bits per heavy atom. The molecule has 2 rings (SSSR count). The van der Waals surface area contributed by atoms with Crippen LogP contribution in [0.4, 0.5) is 18.9 Å². The normalized spacial score (nSPS) is 18.5. The molecule has 1 atom stereocenters. The second-order valence-corrected chi connectivity index (χ2v) is 4.38. The van der Waals surface area contributed by atoms with Crippen LogP contribution in [0.2, 0.25) is 0 Å². The van der Waals surface area contributed by atoms with Crippen LogP contribution < -0.4 is 0 Å². The van der Waals surface area contributed by atoms with Crippen molar-refractivity contribution in [3.05, 3.63) is 39.4 Å². The molecule has 1 aromatic carbocycles. The van der Waals surface area contributed by atoms with Gasteiger partial charge in [0.2, 0.25) is 0 Å². The maximum absolute atomic E-state index is 12.5. The third-order valence-electron chi connectivity index (χ3n) is 2.90. The molecule has 0 N–H and O–H groups in total. The largest absolute Gasteiger partial charge is 0.456 e. The van der Waals surface area contributed by atoms with E-state index in [1.165, 1.54) is 0 Å². The van der Waals surface area contributed by atoms with E-state index in [4.69, 9.17) is 9.47 Å². The first-order valence-electron chi connectivity index (χ1n) is 5.93. The zero-order chi connectivity index (χ0) is 15.6. The van der Waals surface area contributed by atoms with Crippen molar-refractivity contribution in [1.82, 2.24) is 0 Å². The molecule has 9 heteroatoms. The van der Waals surface area contributed by atoms with Crippen molar-refractivity contribution in [3.63, 3.8) is 0 Å². The number of alkyl halides is 3. The predicted molar refractivity (Wildman–Crippen MR) is 62.7 cm³/mol. The topological polar surface area (TPSA) is 78.7 Å². The molecular weight excluding hydrogens is 295 g/mol. The van der Waals surface area contributed by atoms with Crippen LogP contribution >= 0.6 is 0 Å². The van der Waals surface area contributed by atoms with Gasteiger partial charge in [-0.3, -0.25) is 10.1 Å². The van der Waals surface area contributed by atoms with Crippen molar-refractivity contribution in [2.45, 2.75) is 18.7 Å². The summed E-state index contributed by atoms with van der Waals surface area (Å²) in [6.07, 6.45) is -4.83. The molecule has 6 nitrogen and oxygen atoms in total. The molecule has 1 saturated heterocycles. The van der Waals surface area contributed by atoms with Crippen LogP contribution in [0.1, 0.15) is 22.3 Å². The molecule has 0 unspecified atom stereocenters. The Bertz CT molecular complexity index is 567. The predicted octanol–water partition coefficient (Wildman–Crippen LogP) is 2.56. The number of nitrogens with zero attached hydrogens (tertiary/aromatic N) is 1. The summed E-state index contributed by atoms with van der Waals surface area (Å²) < 4.78 is 47.5. The molecule has 1 fully saturated rings. The van der Waals surface area contributed by atoms with Crippen molar-refractivity contribution < 1.29 is 32.4 Å². The van der Waals surface area contributed by atoms with Crippen LogP contribution in [0.15, 0.2) is 18.2 Å². The van der Waals surface area contributed by atoms with E-state index >= 15 is 0 Å². The van der Waals surface area contributed by atoms with Crippen molar-refractivity contribution in [3.8, 4) is 0 Å². The molecule has 114 valence electrons. The number of hydrogen-bond acceptors (Lipinski definition) is 5. The Kier molecular flexibility index (Phi) is 4.12. The van der Waals surface area contributed by atoms with E-state index in [9.17, 15) is 28.1 Å². The van der Waals surface area contributed by atoms with Crippen molar-refractivity contribution in [2.75, 3.05) is 13.2 Å². The van der Waals surface area contributed by atoms with Crippen LogP contribution in [0.5, 0.6) is 0 Å². The van der Waals surface area contributed by atoms with Crippen molar-refractivity contribution in [1.29, 1.82) is 0 Å². The monoisotopic (exact) mass is 305 g/mol. The van der Waals surface area contributed by atoms with E-state index in [1.807, 2.05) is 0 Å². The highest BCUT2D eigenvalue weighted by molar-refractivity contribution is 5.94. The van der Waals surface area contributed by atoms with Gasteiger partial charge in [-0.05, 0) is 12.1 Å². The first kappa shape index (κ1) is 15.2. The summed E-state index contributed by atoms with van der Waals surface area (Å²) in [5.41, 5.74) is -2.65. The smallest absolute Gasteiger partial charge is 0.416 e. The zero-order valence-electron chi connectivity index (χ0n) is 10.6. The fourth-order valence-electron chi connectivity index (χ4n) is 1.85. The van der Waals surface area contributed by atoms with Gasteiger partial charge in [0.05, 0.1) is 23.7 Å². The number of carbonyl (C=O) groups excluding carboxylic acids is 1. The highest BCUT2D eigenvalue weighted by Crippen LogP contribution is 2.33. The Hall–Kier alpha value is -2.16. The van der Waals surface area contributed by atoms with E-state index in [0.29, 0.717) is 25.2 Å². The average molecular weight is 305 g/mol. The first-order chi connectivity index (χ1) is 9.79. The highest BCUT2D eigenvalue weighted by Gasteiger charge is 2.34. The van der Waals surface area contributed by atoms with Gasteiger partial charge in [0.1, 0.15) is 11.7 Å². The molecule has 0 aliphatic carbocycles. The van der Waals surface area contributed by atoms with Crippen LogP contribution in [-0.2, 0) is 15.7 Å². The van der Waals surface area contributed by atoms with E-state index in [-0.39, 0.29) is 6.61 Å². The standard InChI is InChI=1S/C12H10F3NO5/c13-12(14,15)7-1-2-9(10(5-7)16(18)19)11(17)21-8-3-4-20-6-8/h1-2,5,8H,3-4,6H2/t8-/m1/s1. The van der Waals surface area contributed by atoms with Gasteiger partial charge in [0.25, 0.3) is 5.69 Å². The third-order valence-corrected chi connectivity index (χ3v) is 2.90. The molecule has 0 spiro atoms. The molecule has 0 bridgehead atoms. The SMILES string of the molecule is O=C(O[C@@H]1CCOC1)c1ccc(C(F)(F)F)cc1[N+](=O)[O-]. The summed E-state index contributed by atoms with van der Waals surface area (Å²) in [5.74, 6) is -1.04. The Morgan fingerprint density at radius 3 is 2.67 bits per heavy atom. The van der Waals surface area contributed by atoms with Crippen molar-refractivity contribution in [2.24, 2.45) is 0 Å². The van der Waals surface area contributed by atoms with Gasteiger partial charge in [-0.1, -0.05) is 0 Å². The summed E-state index contributed by atoms with van der Waals surface area (Å²) in [7, 11) is 0. The second kappa shape index (κ2) is 5.68. The van der Waals surface area contributed by atoms with E-state index in [1.54, 1.807) is 0 Å². The number of carbonyl (C=O) groups is 1. The second-order valence-electron chi connectivity index (χ2n) is 4.38. The molecule has 0 aromatic heterocycles. The number of halogens is 3. The molecule has 0 saturated carbocycles. The van der Waals surface area contributed by atoms with Gasteiger partial charge in [0, 0.05) is 12.5 Å². The fraction of sp³-hybridized carbons (Fsp3) is 0.417. The van der Waals surface area contributed by atoms with Gasteiger partial charge in [-0.15, -0.1) is 0 Å². The minimum Gasteiger partial charge on any atom is -0.456 e. The molecule has 1 aliphatic heterocycles. The van der Waals surface area contributed by atoms with Crippen LogP contribution in [0, 0.1) is 10.1 Å². The molecule has 1 aromatic rings. The first-order valence-corrected chi connectivity index (χ1v) is 5.93. The maximum Gasteiger partial charge on any atom is 0.416 e. The van der Waals surface area contributed by atoms with Crippen LogP contribution in [0.3, 0.4) is 0 Å². The number of nitro groups is 1. The van der Waals surface area contributed by atoms with Gasteiger partial charge in [-0.2, -0.15) is 13.2 Å². The fourth-order valence-corrected chi connectivity index (χ4v) is 1.85. The number of nitro benzene ring substituents is 1. The lowest BCUT2D eigenvalue weighted by molar-refractivity contribution is -0.385. The van der Waals surface area contributed by atoms with Gasteiger partial charge in [-0.25, -0.2) is 4.79 Å². The van der Waals surface area contributed by atoms with Crippen LogP contribution in [-0.4, -0.2) is 30.2 Å². The molecular formula is C12H10F3NO5. The molecule has 1 heterocycles. The minimum absolute atomic E-state index is 0.167. The minimum atomic E-state index is -4.73. The lowest BCUT2D eigenvalue weighted by Gasteiger charge is -2.11. The highest BCUT2D eigenvalue weighted by atomic mass is 19.4. The molecule has 0 amide bonds. The van der Waals surface area contributed by atoms with E-state index in [0.717, 1.165) is 6.07 Å². The summed E-state index contributed by atoms with van der Waals surface area (Å²) in [6.45, 7) is 0.563. The number of esters is 1. The maximum atomic E-state index is 12.5. The quantitative estimate of drug-likeness (QED) is 0.487. The number of rotatable bonds is 3. The Labute approximate surface area is 116 Å². The van der Waals surface area contributed by atoms with Gasteiger partial charge < -0.3 is 9.47 Å². The molecule has 21 heavy (non-hydrogen) atoms. The average Bonchev–Trinajstić information content (AvgIpc) is 2.89. The summed E-state index contributed by atoms with van der Waals surface area (Å²) >= 11 is 0. The van der Waals surface area contributed by atoms with Gasteiger partial charge in [0.15, 0.2) is 0 Å².